The average molecular weight is 209 g/mol. The van der Waals surface area contributed by atoms with E-state index in [2.05, 4.69) is 16.0 Å². The summed E-state index contributed by atoms with van der Waals surface area (Å²) in [6, 6.07) is 9.12. The van der Waals surface area contributed by atoms with E-state index in [-0.39, 0.29) is 0 Å². The Balaban J connectivity index is 2.28. The minimum absolute atomic E-state index is 0.535. The summed E-state index contributed by atoms with van der Waals surface area (Å²) in [7, 11) is 0. The normalized spacial score (nSPS) is 10.4. The highest BCUT2D eigenvalue weighted by Gasteiger charge is 2.09. The van der Waals surface area contributed by atoms with Crippen molar-refractivity contribution in [1.82, 2.24) is 14.6 Å². The Labute approximate surface area is 91.5 Å². The van der Waals surface area contributed by atoms with Crippen molar-refractivity contribution in [3.05, 3.63) is 42.3 Å². The second kappa shape index (κ2) is 3.24. The van der Waals surface area contributed by atoms with E-state index in [1.807, 2.05) is 24.3 Å². The fraction of sp³-hybridized carbons (Fsp3) is 0. The first-order chi connectivity index (χ1) is 7.88. The van der Waals surface area contributed by atoms with Crippen LogP contribution in [0.3, 0.4) is 0 Å². The van der Waals surface area contributed by atoms with Crippen LogP contribution in [-0.4, -0.2) is 14.6 Å². The van der Waals surface area contributed by atoms with Crippen LogP contribution in [0.25, 0.3) is 17.2 Å². The third kappa shape index (κ3) is 1.19. The standard InChI is InChI=1S/C12H7N3O/c1-2-9-5-3-7-11-13-12(14-15(9)11)10-6-4-8-16-10/h1,3-8H. The molecule has 3 aromatic rings. The molecule has 0 aliphatic carbocycles. The van der Waals surface area contributed by atoms with E-state index in [1.54, 1.807) is 16.8 Å². The summed E-state index contributed by atoms with van der Waals surface area (Å²) in [5, 5.41) is 4.30. The van der Waals surface area contributed by atoms with Crippen LogP contribution in [0.5, 0.6) is 0 Å². The molecule has 3 aromatic heterocycles. The summed E-state index contributed by atoms with van der Waals surface area (Å²) in [5.41, 5.74) is 1.38. The van der Waals surface area contributed by atoms with Crippen LogP contribution < -0.4 is 0 Å². The third-order valence-electron chi connectivity index (χ3n) is 2.25. The van der Waals surface area contributed by atoms with Crippen molar-refractivity contribution in [3.8, 4) is 23.9 Å². The van der Waals surface area contributed by atoms with Gasteiger partial charge in [0.25, 0.3) is 0 Å². The van der Waals surface area contributed by atoms with Crippen molar-refractivity contribution in [2.45, 2.75) is 0 Å². The van der Waals surface area contributed by atoms with E-state index in [0.29, 0.717) is 22.9 Å². The molecule has 0 fully saturated rings. The number of terminal acetylenes is 1. The first-order valence-corrected chi connectivity index (χ1v) is 4.75. The number of furan rings is 1. The molecule has 0 amide bonds. The SMILES string of the molecule is C#Cc1cccc2nc(-c3ccco3)nn12. The molecule has 76 valence electrons. The molecule has 4 heteroatoms. The van der Waals surface area contributed by atoms with Crippen LogP contribution in [0.1, 0.15) is 5.69 Å². The zero-order valence-corrected chi connectivity index (χ0v) is 8.29. The van der Waals surface area contributed by atoms with E-state index in [9.17, 15) is 0 Å². The van der Waals surface area contributed by atoms with Gasteiger partial charge in [0.15, 0.2) is 11.4 Å². The van der Waals surface area contributed by atoms with Crippen molar-refractivity contribution in [2.75, 3.05) is 0 Å². The Kier molecular flexibility index (Phi) is 1.77. The summed E-state index contributed by atoms with van der Waals surface area (Å²) in [6.07, 6.45) is 6.97. The number of rotatable bonds is 1. The summed E-state index contributed by atoms with van der Waals surface area (Å²) in [5.74, 6) is 3.72. The third-order valence-corrected chi connectivity index (χ3v) is 2.25. The number of aromatic nitrogens is 3. The number of hydrogen-bond acceptors (Lipinski definition) is 3. The van der Waals surface area contributed by atoms with E-state index in [4.69, 9.17) is 10.8 Å². The summed E-state index contributed by atoms with van der Waals surface area (Å²) >= 11 is 0. The monoisotopic (exact) mass is 209 g/mol. The van der Waals surface area contributed by atoms with Crippen LogP contribution in [0, 0.1) is 12.3 Å². The molecule has 0 saturated carbocycles. The first-order valence-electron chi connectivity index (χ1n) is 4.75. The smallest absolute Gasteiger partial charge is 0.217 e. The molecule has 0 atom stereocenters. The van der Waals surface area contributed by atoms with Crippen molar-refractivity contribution in [3.63, 3.8) is 0 Å². The Morgan fingerprint density at radius 3 is 2.94 bits per heavy atom. The fourth-order valence-electron chi connectivity index (χ4n) is 1.52. The van der Waals surface area contributed by atoms with Gasteiger partial charge in [0.05, 0.1) is 6.26 Å². The van der Waals surface area contributed by atoms with Gasteiger partial charge in [-0.3, -0.25) is 0 Å². The Morgan fingerprint density at radius 1 is 1.25 bits per heavy atom. The van der Waals surface area contributed by atoms with Gasteiger partial charge in [0.1, 0.15) is 5.69 Å². The molecule has 0 spiro atoms. The van der Waals surface area contributed by atoms with Gasteiger partial charge in [0, 0.05) is 0 Å². The van der Waals surface area contributed by atoms with Crippen LogP contribution >= 0.6 is 0 Å². The maximum atomic E-state index is 5.38. The van der Waals surface area contributed by atoms with Gasteiger partial charge in [-0.05, 0) is 24.3 Å². The highest BCUT2D eigenvalue weighted by atomic mass is 16.3. The molecule has 0 aliphatic rings. The molecular formula is C12H7N3O. The van der Waals surface area contributed by atoms with Crippen LogP contribution in [0.2, 0.25) is 0 Å². The summed E-state index contributed by atoms with van der Waals surface area (Å²) in [4.78, 5) is 4.33. The molecule has 0 saturated heterocycles. The molecule has 0 bridgehead atoms. The van der Waals surface area contributed by atoms with Gasteiger partial charge in [0.2, 0.25) is 5.82 Å². The largest absolute Gasteiger partial charge is 0.461 e. The second-order valence-corrected chi connectivity index (χ2v) is 3.24. The van der Waals surface area contributed by atoms with Gasteiger partial charge in [-0.1, -0.05) is 12.0 Å². The highest BCUT2D eigenvalue weighted by molar-refractivity contribution is 5.53. The lowest BCUT2D eigenvalue weighted by Gasteiger charge is -1.93. The quantitative estimate of drug-likeness (QED) is 0.575. The van der Waals surface area contributed by atoms with Crippen LogP contribution in [-0.2, 0) is 0 Å². The van der Waals surface area contributed by atoms with Crippen molar-refractivity contribution in [1.29, 1.82) is 0 Å². The molecule has 0 aliphatic heterocycles. The average Bonchev–Trinajstić information content (AvgIpc) is 2.96. The van der Waals surface area contributed by atoms with Crippen LogP contribution in [0.4, 0.5) is 0 Å². The van der Waals surface area contributed by atoms with Crippen molar-refractivity contribution in [2.24, 2.45) is 0 Å². The summed E-state index contributed by atoms with van der Waals surface area (Å²) < 4.78 is 6.86. The molecule has 3 rings (SSSR count). The number of hydrogen-bond donors (Lipinski definition) is 0. The summed E-state index contributed by atoms with van der Waals surface area (Å²) in [6.45, 7) is 0. The van der Waals surface area contributed by atoms with E-state index >= 15 is 0 Å². The van der Waals surface area contributed by atoms with Crippen molar-refractivity contribution < 1.29 is 4.42 Å². The molecular weight excluding hydrogens is 202 g/mol. The van der Waals surface area contributed by atoms with Gasteiger partial charge in [-0.15, -0.1) is 11.5 Å². The van der Waals surface area contributed by atoms with Gasteiger partial charge in [-0.2, -0.15) is 0 Å². The van der Waals surface area contributed by atoms with E-state index in [0.717, 1.165) is 0 Å². The zero-order chi connectivity index (χ0) is 11.0. The van der Waals surface area contributed by atoms with Gasteiger partial charge < -0.3 is 4.42 Å². The molecule has 0 N–H and O–H groups in total. The van der Waals surface area contributed by atoms with Gasteiger partial charge >= 0.3 is 0 Å². The Morgan fingerprint density at radius 2 is 2.19 bits per heavy atom. The number of nitrogens with zero attached hydrogens (tertiary/aromatic N) is 3. The zero-order valence-electron chi connectivity index (χ0n) is 8.29. The lowest BCUT2D eigenvalue weighted by Crippen LogP contribution is -1.92. The predicted octanol–water partition coefficient (Wildman–Crippen LogP) is 1.97. The Hall–Kier alpha value is -2.54. The predicted molar refractivity (Wildman–Crippen MR) is 58.6 cm³/mol. The highest BCUT2D eigenvalue weighted by Crippen LogP contribution is 2.16. The molecule has 0 unspecified atom stereocenters. The second-order valence-electron chi connectivity index (χ2n) is 3.24. The Bertz CT molecular complexity index is 674. The first kappa shape index (κ1) is 8.74. The molecule has 0 radical (unpaired) electrons. The fourth-order valence-corrected chi connectivity index (χ4v) is 1.52. The lowest BCUT2D eigenvalue weighted by molar-refractivity contribution is 0.577. The molecule has 16 heavy (non-hydrogen) atoms. The van der Waals surface area contributed by atoms with Gasteiger partial charge in [-0.25, -0.2) is 9.50 Å². The van der Waals surface area contributed by atoms with Crippen LogP contribution in [0.15, 0.2) is 41.0 Å². The number of pyridine rings is 1. The van der Waals surface area contributed by atoms with Crippen molar-refractivity contribution >= 4 is 5.65 Å². The molecule has 4 nitrogen and oxygen atoms in total. The minimum atomic E-state index is 0.535. The maximum Gasteiger partial charge on any atom is 0.217 e. The van der Waals surface area contributed by atoms with E-state index in [1.165, 1.54) is 0 Å². The maximum absolute atomic E-state index is 5.38. The lowest BCUT2D eigenvalue weighted by atomic mass is 10.3. The van der Waals surface area contributed by atoms with E-state index < -0.39 is 0 Å². The molecule has 3 heterocycles. The molecule has 0 aromatic carbocycles. The topological polar surface area (TPSA) is 43.3 Å². The minimum Gasteiger partial charge on any atom is -0.461 e. The number of fused-ring (bicyclic) bond motifs is 1.